The number of methoxy groups -OCH3 is 1. The normalized spacial score (nSPS) is 28.8. The fourth-order valence-corrected chi connectivity index (χ4v) is 5.87. The lowest BCUT2D eigenvalue weighted by Crippen LogP contribution is -2.34. The highest BCUT2D eigenvalue weighted by atomic mass is 32.2. The highest BCUT2D eigenvalue weighted by Gasteiger charge is 2.45. The molecule has 5 nitrogen and oxygen atoms in total. The third-order valence-electron chi connectivity index (χ3n) is 5.08. The maximum Gasteiger partial charge on any atom is 0.247 e. The first kappa shape index (κ1) is 15.8. The average molecular weight is 324 g/mol. The van der Waals surface area contributed by atoms with Gasteiger partial charge in [-0.1, -0.05) is 6.07 Å². The Balaban J connectivity index is 1.98. The molecule has 122 valence electrons. The topological polar surface area (TPSA) is 72.6 Å². The molecule has 22 heavy (non-hydrogen) atoms. The quantitative estimate of drug-likeness (QED) is 0.918. The Hall–Kier alpha value is -1.11. The smallest absolute Gasteiger partial charge is 0.247 e. The molecular formula is C16H24N2O3S. The first-order chi connectivity index (χ1) is 10.3. The summed E-state index contributed by atoms with van der Waals surface area (Å²) in [5.74, 6) is 1.13. The molecule has 3 atom stereocenters. The summed E-state index contributed by atoms with van der Waals surface area (Å²) >= 11 is 0. The molecule has 1 aromatic carbocycles. The maximum atomic E-state index is 13.1. The van der Waals surface area contributed by atoms with E-state index in [2.05, 4.69) is 0 Å². The summed E-state index contributed by atoms with van der Waals surface area (Å²) in [7, 11) is -2.03. The van der Waals surface area contributed by atoms with E-state index in [1.54, 1.807) is 10.4 Å². The van der Waals surface area contributed by atoms with Crippen LogP contribution in [0.25, 0.3) is 0 Å². The Labute approximate surface area is 132 Å². The molecule has 3 rings (SSSR count). The van der Waals surface area contributed by atoms with Crippen molar-refractivity contribution in [2.24, 2.45) is 17.6 Å². The van der Waals surface area contributed by atoms with Crippen molar-refractivity contribution in [1.29, 1.82) is 0 Å². The minimum Gasteiger partial charge on any atom is -0.495 e. The molecule has 0 spiro atoms. The standard InChI is InChI=1S/C16H24N2O3S/c1-10-6-11(2)16(15(7-10)21-3)22(19,20)18-8-12-4-5-14(17)13(12)9-18/h6-7,12-14H,4-5,8-9,17H2,1-3H3. The van der Waals surface area contributed by atoms with Crippen LogP contribution in [0, 0.1) is 25.7 Å². The highest BCUT2D eigenvalue weighted by Crippen LogP contribution is 2.41. The summed E-state index contributed by atoms with van der Waals surface area (Å²) in [6.45, 7) is 4.87. The zero-order chi connectivity index (χ0) is 16.1. The van der Waals surface area contributed by atoms with Crippen molar-refractivity contribution in [3.63, 3.8) is 0 Å². The molecule has 6 heteroatoms. The predicted molar refractivity (Wildman–Crippen MR) is 85.4 cm³/mol. The fraction of sp³-hybridized carbons (Fsp3) is 0.625. The van der Waals surface area contributed by atoms with Crippen LogP contribution < -0.4 is 10.5 Å². The molecule has 2 fully saturated rings. The molecule has 3 unspecified atom stereocenters. The summed E-state index contributed by atoms with van der Waals surface area (Å²) in [6.07, 6.45) is 2.04. The second-order valence-electron chi connectivity index (χ2n) is 6.60. The number of rotatable bonds is 3. The Bertz CT molecular complexity index is 687. The summed E-state index contributed by atoms with van der Waals surface area (Å²) < 4.78 is 33.1. The van der Waals surface area contributed by atoms with Gasteiger partial charge >= 0.3 is 0 Å². The molecule has 1 aromatic rings. The first-order valence-corrected chi connectivity index (χ1v) is 9.19. The Morgan fingerprint density at radius 1 is 1.23 bits per heavy atom. The molecular weight excluding hydrogens is 300 g/mol. The molecule has 2 aliphatic rings. The van der Waals surface area contributed by atoms with Gasteiger partial charge in [0.2, 0.25) is 10.0 Å². The molecule has 1 saturated carbocycles. The number of nitrogens with zero attached hydrogens (tertiary/aromatic N) is 1. The largest absolute Gasteiger partial charge is 0.495 e. The lowest BCUT2D eigenvalue weighted by atomic mass is 9.98. The van der Waals surface area contributed by atoms with E-state index < -0.39 is 10.0 Å². The molecule has 0 radical (unpaired) electrons. The van der Waals surface area contributed by atoms with Crippen LogP contribution >= 0.6 is 0 Å². The van der Waals surface area contributed by atoms with Gasteiger partial charge in [-0.15, -0.1) is 0 Å². The van der Waals surface area contributed by atoms with Crippen molar-refractivity contribution in [3.05, 3.63) is 23.3 Å². The second kappa shape index (κ2) is 5.51. The van der Waals surface area contributed by atoms with Crippen LogP contribution in [-0.2, 0) is 10.0 Å². The minimum absolute atomic E-state index is 0.131. The number of nitrogens with two attached hydrogens (primary N) is 1. The number of benzene rings is 1. The van der Waals surface area contributed by atoms with Gasteiger partial charge in [-0.3, -0.25) is 0 Å². The van der Waals surface area contributed by atoms with Gasteiger partial charge in [0, 0.05) is 19.1 Å². The van der Waals surface area contributed by atoms with Crippen LogP contribution in [0.5, 0.6) is 5.75 Å². The number of ether oxygens (including phenoxy) is 1. The summed E-state index contributed by atoms with van der Waals surface area (Å²) in [5.41, 5.74) is 7.85. The Morgan fingerprint density at radius 2 is 1.95 bits per heavy atom. The highest BCUT2D eigenvalue weighted by molar-refractivity contribution is 7.89. The molecule has 1 aliphatic carbocycles. The van der Waals surface area contributed by atoms with Gasteiger partial charge in [-0.2, -0.15) is 4.31 Å². The number of sulfonamides is 1. The van der Waals surface area contributed by atoms with Crippen LogP contribution in [0.2, 0.25) is 0 Å². The van der Waals surface area contributed by atoms with Gasteiger partial charge in [0.05, 0.1) is 7.11 Å². The number of aryl methyl sites for hydroxylation is 2. The van der Waals surface area contributed by atoms with E-state index in [-0.39, 0.29) is 6.04 Å². The predicted octanol–water partition coefficient (Wildman–Crippen LogP) is 1.67. The zero-order valence-corrected chi connectivity index (χ0v) is 14.2. The SMILES string of the molecule is COc1cc(C)cc(C)c1S(=O)(=O)N1CC2CCC(N)C2C1. The van der Waals surface area contributed by atoms with Crippen molar-refractivity contribution in [3.8, 4) is 5.75 Å². The van der Waals surface area contributed by atoms with E-state index in [4.69, 9.17) is 10.5 Å². The minimum atomic E-state index is -3.54. The lowest BCUT2D eigenvalue weighted by molar-refractivity contribution is 0.393. The summed E-state index contributed by atoms with van der Waals surface area (Å²) in [5, 5.41) is 0. The third-order valence-corrected chi connectivity index (χ3v) is 7.10. The van der Waals surface area contributed by atoms with Gasteiger partial charge in [-0.25, -0.2) is 8.42 Å². The molecule has 1 heterocycles. The van der Waals surface area contributed by atoms with Crippen molar-refractivity contribution >= 4 is 10.0 Å². The summed E-state index contributed by atoms with van der Waals surface area (Å²) in [6, 6.07) is 3.80. The van der Waals surface area contributed by atoms with E-state index in [9.17, 15) is 8.42 Å². The Kier molecular flexibility index (Phi) is 3.95. The van der Waals surface area contributed by atoms with Crippen LogP contribution in [-0.4, -0.2) is 39.0 Å². The van der Waals surface area contributed by atoms with Crippen molar-refractivity contribution in [1.82, 2.24) is 4.31 Å². The molecule has 0 aromatic heterocycles. The molecule has 0 bridgehead atoms. The van der Waals surface area contributed by atoms with Crippen LogP contribution in [0.3, 0.4) is 0 Å². The van der Waals surface area contributed by atoms with Crippen molar-refractivity contribution < 1.29 is 13.2 Å². The van der Waals surface area contributed by atoms with Crippen molar-refractivity contribution in [2.75, 3.05) is 20.2 Å². The van der Waals surface area contributed by atoms with Crippen LogP contribution in [0.1, 0.15) is 24.0 Å². The second-order valence-corrected chi connectivity index (χ2v) is 8.48. The maximum absolute atomic E-state index is 13.1. The average Bonchev–Trinajstić information content (AvgIpc) is 3.00. The van der Waals surface area contributed by atoms with E-state index in [0.29, 0.717) is 35.6 Å². The van der Waals surface area contributed by atoms with Gasteiger partial charge < -0.3 is 10.5 Å². The molecule has 1 saturated heterocycles. The number of hydrogen-bond acceptors (Lipinski definition) is 4. The van der Waals surface area contributed by atoms with Gasteiger partial charge in [0.25, 0.3) is 0 Å². The van der Waals surface area contributed by atoms with Gasteiger partial charge in [0.15, 0.2) is 0 Å². The van der Waals surface area contributed by atoms with Crippen LogP contribution in [0.4, 0.5) is 0 Å². The van der Waals surface area contributed by atoms with E-state index in [0.717, 1.165) is 24.0 Å². The van der Waals surface area contributed by atoms with E-state index in [1.807, 2.05) is 19.9 Å². The first-order valence-electron chi connectivity index (χ1n) is 7.75. The van der Waals surface area contributed by atoms with Gasteiger partial charge in [-0.05, 0) is 55.7 Å². The Morgan fingerprint density at radius 3 is 2.59 bits per heavy atom. The number of hydrogen-bond donors (Lipinski definition) is 1. The van der Waals surface area contributed by atoms with E-state index in [1.165, 1.54) is 7.11 Å². The fourth-order valence-electron chi connectivity index (χ4n) is 3.99. The lowest BCUT2D eigenvalue weighted by Gasteiger charge is -2.21. The van der Waals surface area contributed by atoms with E-state index >= 15 is 0 Å². The monoisotopic (exact) mass is 324 g/mol. The molecule has 1 aliphatic heterocycles. The summed E-state index contributed by atoms with van der Waals surface area (Å²) in [4.78, 5) is 0.300. The zero-order valence-electron chi connectivity index (χ0n) is 13.4. The van der Waals surface area contributed by atoms with Crippen LogP contribution in [0.15, 0.2) is 17.0 Å². The molecule has 0 amide bonds. The van der Waals surface area contributed by atoms with Gasteiger partial charge in [0.1, 0.15) is 10.6 Å². The number of fused-ring (bicyclic) bond motifs is 1. The third kappa shape index (κ3) is 2.43. The molecule has 2 N–H and O–H groups in total. The van der Waals surface area contributed by atoms with Crippen molar-refractivity contribution in [2.45, 2.75) is 37.6 Å².